The number of aromatic nitrogens is 2. The molecule has 0 saturated carbocycles. The van der Waals surface area contributed by atoms with Crippen LogP contribution in [0.25, 0.3) is 0 Å². The summed E-state index contributed by atoms with van der Waals surface area (Å²) in [5, 5.41) is 0. The third-order valence-electron chi connectivity index (χ3n) is 1.91. The van der Waals surface area contributed by atoms with Gasteiger partial charge in [-0.05, 0) is 6.42 Å². The van der Waals surface area contributed by atoms with Gasteiger partial charge in [-0.3, -0.25) is 0 Å². The highest BCUT2D eigenvalue weighted by atomic mass is 32.2. The number of imidazole rings is 1. The minimum absolute atomic E-state index is 0.354. The Hall–Kier alpha value is -0.480. The van der Waals surface area contributed by atoms with Crippen LogP contribution in [0.5, 0.6) is 0 Å². The van der Waals surface area contributed by atoms with Crippen LogP contribution >= 0.6 is 11.8 Å². The first-order valence-electron chi connectivity index (χ1n) is 4.62. The molecule has 0 aliphatic heterocycles. The first-order valence-corrected chi connectivity index (χ1v) is 5.77. The van der Waals surface area contributed by atoms with Crippen LogP contribution in [0.2, 0.25) is 0 Å². The molecule has 1 aromatic rings. The molecular formula is C9H17N3S. The Kier molecular flexibility index (Phi) is 4.93. The summed E-state index contributed by atoms with van der Waals surface area (Å²) in [6, 6.07) is 0.354. The third kappa shape index (κ3) is 4.33. The minimum atomic E-state index is 0.354. The van der Waals surface area contributed by atoms with E-state index in [9.17, 15) is 0 Å². The van der Waals surface area contributed by atoms with E-state index >= 15 is 0 Å². The van der Waals surface area contributed by atoms with Crippen LogP contribution in [0.4, 0.5) is 0 Å². The summed E-state index contributed by atoms with van der Waals surface area (Å²) in [6.45, 7) is 3.15. The van der Waals surface area contributed by atoms with E-state index in [0.717, 1.165) is 24.5 Å². The number of nitrogens with zero attached hydrogens (tertiary/aromatic N) is 2. The van der Waals surface area contributed by atoms with Gasteiger partial charge in [0.2, 0.25) is 0 Å². The molecule has 0 radical (unpaired) electrons. The zero-order valence-electron chi connectivity index (χ0n) is 8.02. The van der Waals surface area contributed by atoms with E-state index in [2.05, 4.69) is 16.5 Å². The lowest BCUT2D eigenvalue weighted by Crippen LogP contribution is -2.21. The Balaban J connectivity index is 2.02. The molecule has 74 valence electrons. The molecule has 1 unspecified atom stereocenters. The van der Waals surface area contributed by atoms with Crippen molar-refractivity contribution in [3.63, 3.8) is 0 Å². The van der Waals surface area contributed by atoms with Gasteiger partial charge in [0.05, 0.1) is 6.33 Å². The Morgan fingerprint density at radius 2 is 2.46 bits per heavy atom. The molecule has 0 saturated heterocycles. The normalized spacial score (nSPS) is 13.1. The lowest BCUT2D eigenvalue weighted by molar-refractivity contribution is 0.721. The molecule has 1 rings (SSSR count). The van der Waals surface area contributed by atoms with Crippen molar-refractivity contribution in [2.45, 2.75) is 25.9 Å². The fourth-order valence-electron chi connectivity index (χ4n) is 0.942. The average molecular weight is 199 g/mol. The molecule has 0 spiro atoms. The monoisotopic (exact) mass is 199 g/mol. The van der Waals surface area contributed by atoms with E-state index in [1.165, 1.54) is 0 Å². The van der Waals surface area contributed by atoms with Crippen LogP contribution in [0.1, 0.15) is 13.3 Å². The quantitative estimate of drug-likeness (QED) is 0.703. The summed E-state index contributed by atoms with van der Waals surface area (Å²) in [5.74, 6) is 2.18. The summed E-state index contributed by atoms with van der Waals surface area (Å²) in [7, 11) is 0. The second kappa shape index (κ2) is 6.05. The molecule has 0 aliphatic rings. The Labute approximate surface area is 83.7 Å². The van der Waals surface area contributed by atoms with Crippen molar-refractivity contribution in [2.24, 2.45) is 5.73 Å². The van der Waals surface area contributed by atoms with Crippen molar-refractivity contribution < 1.29 is 0 Å². The molecule has 0 amide bonds. The third-order valence-corrected chi connectivity index (χ3v) is 3.04. The maximum absolute atomic E-state index is 5.79. The fourth-order valence-corrected chi connectivity index (χ4v) is 1.99. The Bertz CT molecular complexity index is 211. The molecule has 1 atom stereocenters. The molecule has 2 N–H and O–H groups in total. The average Bonchev–Trinajstić information content (AvgIpc) is 2.64. The summed E-state index contributed by atoms with van der Waals surface area (Å²) in [5.41, 5.74) is 5.79. The van der Waals surface area contributed by atoms with Crippen LogP contribution in [-0.2, 0) is 6.54 Å². The van der Waals surface area contributed by atoms with Gasteiger partial charge in [0.25, 0.3) is 0 Å². The maximum Gasteiger partial charge on any atom is 0.0946 e. The molecule has 4 heteroatoms. The highest BCUT2D eigenvalue weighted by Gasteiger charge is 1.98. The first-order chi connectivity index (χ1) is 6.33. The standard InChI is InChI=1S/C9H17N3S/c1-2-9(10)7-13-6-5-12-4-3-11-8-12/h3-4,8-9H,2,5-7,10H2,1H3. The van der Waals surface area contributed by atoms with Gasteiger partial charge in [0, 0.05) is 36.5 Å². The largest absolute Gasteiger partial charge is 0.337 e. The van der Waals surface area contributed by atoms with Crippen LogP contribution in [0.3, 0.4) is 0 Å². The number of aryl methyl sites for hydroxylation is 1. The van der Waals surface area contributed by atoms with Crippen molar-refractivity contribution in [1.29, 1.82) is 0 Å². The predicted octanol–water partition coefficient (Wildman–Crippen LogP) is 1.35. The molecule has 0 aliphatic carbocycles. The van der Waals surface area contributed by atoms with Crippen LogP contribution in [0.15, 0.2) is 18.7 Å². The zero-order chi connectivity index (χ0) is 9.52. The van der Waals surface area contributed by atoms with E-state index in [0.29, 0.717) is 6.04 Å². The highest BCUT2D eigenvalue weighted by Crippen LogP contribution is 2.04. The molecular weight excluding hydrogens is 182 g/mol. The van der Waals surface area contributed by atoms with Crippen LogP contribution in [0, 0.1) is 0 Å². The molecule has 13 heavy (non-hydrogen) atoms. The Morgan fingerprint density at radius 1 is 1.62 bits per heavy atom. The van der Waals surface area contributed by atoms with Crippen LogP contribution < -0.4 is 5.73 Å². The number of thioether (sulfide) groups is 1. The van der Waals surface area contributed by atoms with Gasteiger partial charge in [0.15, 0.2) is 0 Å². The number of nitrogens with two attached hydrogens (primary N) is 1. The lowest BCUT2D eigenvalue weighted by atomic mass is 10.3. The summed E-state index contributed by atoms with van der Waals surface area (Å²) in [4.78, 5) is 3.98. The van der Waals surface area contributed by atoms with Gasteiger partial charge in [-0.15, -0.1) is 0 Å². The molecule has 0 fully saturated rings. The van der Waals surface area contributed by atoms with E-state index in [-0.39, 0.29) is 0 Å². The topological polar surface area (TPSA) is 43.8 Å². The van der Waals surface area contributed by atoms with Gasteiger partial charge in [-0.1, -0.05) is 6.92 Å². The fraction of sp³-hybridized carbons (Fsp3) is 0.667. The molecule has 0 bridgehead atoms. The van der Waals surface area contributed by atoms with E-state index in [4.69, 9.17) is 5.73 Å². The lowest BCUT2D eigenvalue weighted by Gasteiger charge is -2.07. The summed E-state index contributed by atoms with van der Waals surface area (Å²) < 4.78 is 2.09. The molecule has 1 heterocycles. The summed E-state index contributed by atoms with van der Waals surface area (Å²) >= 11 is 1.91. The van der Waals surface area contributed by atoms with Crippen molar-refractivity contribution in [1.82, 2.24) is 9.55 Å². The van der Waals surface area contributed by atoms with E-state index < -0.39 is 0 Å². The Morgan fingerprint density at radius 3 is 3.08 bits per heavy atom. The first kappa shape index (κ1) is 10.6. The van der Waals surface area contributed by atoms with Gasteiger partial charge in [-0.25, -0.2) is 4.98 Å². The van der Waals surface area contributed by atoms with Crippen molar-refractivity contribution >= 4 is 11.8 Å². The number of hydrogen-bond acceptors (Lipinski definition) is 3. The van der Waals surface area contributed by atoms with Crippen molar-refractivity contribution in [2.75, 3.05) is 11.5 Å². The molecule has 0 aromatic carbocycles. The number of hydrogen-bond donors (Lipinski definition) is 1. The van der Waals surface area contributed by atoms with Gasteiger partial charge in [-0.2, -0.15) is 11.8 Å². The smallest absolute Gasteiger partial charge is 0.0946 e. The van der Waals surface area contributed by atoms with Gasteiger partial charge >= 0.3 is 0 Å². The highest BCUT2D eigenvalue weighted by molar-refractivity contribution is 7.99. The SMILES string of the molecule is CCC(N)CSCCn1ccnc1. The van der Waals surface area contributed by atoms with Crippen molar-refractivity contribution in [3.8, 4) is 0 Å². The second-order valence-electron chi connectivity index (χ2n) is 3.04. The molecule has 1 aromatic heterocycles. The zero-order valence-corrected chi connectivity index (χ0v) is 8.83. The number of rotatable bonds is 6. The van der Waals surface area contributed by atoms with Crippen molar-refractivity contribution in [3.05, 3.63) is 18.7 Å². The van der Waals surface area contributed by atoms with Gasteiger partial charge < -0.3 is 10.3 Å². The molecule has 3 nitrogen and oxygen atoms in total. The maximum atomic E-state index is 5.79. The van der Waals surface area contributed by atoms with Gasteiger partial charge in [0.1, 0.15) is 0 Å². The van der Waals surface area contributed by atoms with Crippen LogP contribution in [-0.4, -0.2) is 27.1 Å². The van der Waals surface area contributed by atoms with E-state index in [1.54, 1.807) is 0 Å². The van der Waals surface area contributed by atoms with E-state index in [1.807, 2.05) is 30.5 Å². The minimum Gasteiger partial charge on any atom is -0.337 e. The second-order valence-corrected chi connectivity index (χ2v) is 4.19. The predicted molar refractivity (Wildman–Crippen MR) is 57.8 cm³/mol. The summed E-state index contributed by atoms with van der Waals surface area (Å²) in [6.07, 6.45) is 6.71.